The third-order valence-electron chi connectivity index (χ3n) is 20.4. The molecule has 0 fully saturated rings. The van der Waals surface area contributed by atoms with Gasteiger partial charge in [0.25, 0.3) is 64.1 Å². The zero-order valence-electron chi connectivity index (χ0n) is 66.8. The van der Waals surface area contributed by atoms with Gasteiger partial charge in [-0.05, 0) is 186 Å². The number of anilines is 8. The summed E-state index contributed by atoms with van der Waals surface area (Å²) in [4.78, 5) is 60.4. The van der Waals surface area contributed by atoms with Gasteiger partial charge in [0, 0.05) is 117 Å². The molecule has 0 unspecified atom stereocenters. The van der Waals surface area contributed by atoms with Crippen molar-refractivity contribution in [2.24, 2.45) is 14.1 Å². The molecule has 12 rings (SSSR count). The maximum atomic E-state index is 13.7. The van der Waals surface area contributed by atoms with Crippen molar-refractivity contribution >= 4 is 179 Å². The molecule has 0 radical (unpaired) electrons. The predicted molar refractivity (Wildman–Crippen MR) is 457 cm³/mol. The zero-order chi connectivity index (χ0) is 89.4. The summed E-state index contributed by atoms with van der Waals surface area (Å²) >= 11 is 0. The van der Waals surface area contributed by atoms with E-state index in [1.807, 2.05) is 0 Å². The number of amides is 6. The molecule has 0 bridgehead atoms. The molecular formula is C83H82N10O23S6. The molecule has 0 atom stereocenters. The predicted octanol–water partition coefficient (Wildman–Crippen LogP) is 12.6. The molecule has 2 aromatic heterocycles. The Kier molecular flexibility index (Phi) is 26.3. The SMILES string of the molecule is Cc1ccc(C(=O)Nc2ccc(S(=O)(=O)[O-])c3cc(S(=O)(=O)O)cc(S(=O)(=O)[O-])c23)cc1NC(=O)c1cccc(NC(=O)Nc2cccc(C(=O)Nc3cc(C(=O)Nc4ccc(S(=O)(=O)O)c5cc(S(=O)(=O)O)cc(S(=O)(=O)O)c45)ccc3C)c2)c1.Cc1ccc(C)c2c1c(NCCCCCCNc1cc(C)[n+](C)c3c(C)ccc(C)c13)cc(C)[n+]2C. The van der Waals surface area contributed by atoms with Crippen LogP contribution in [0.1, 0.15) is 112 Å². The molecule has 33 nitrogen and oxygen atoms in total. The number of aromatic nitrogens is 2. The first-order valence-corrected chi connectivity index (χ1v) is 45.6. The number of rotatable bonds is 25. The highest BCUT2D eigenvalue weighted by molar-refractivity contribution is 7.88. The molecule has 12 N–H and O–H groups in total. The van der Waals surface area contributed by atoms with Crippen LogP contribution < -0.4 is 51.7 Å². The number of hydrogen-bond acceptors (Lipinski definition) is 21. The minimum Gasteiger partial charge on any atom is -0.744 e. The average molecular weight is 1780 g/mol. The maximum absolute atomic E-state index is 13.7. The second-order valence-corrected chi connectivity index (χ2v) is 37.3. The highest BCUT2D eigenvalue weighted by Gasteiger charge is 2.30. The Balaban J connectivity index is 0.000000334. The van der Waals surface area contributed by atoms with Crippen molar-refractivity contribution in [3.8, 4) is 0 Å². The number of nitrogens with one attached hydrogen (secondary N) is 8. The molecule has 0 aliphatic heterocycles. The van der Waals surface area contributed by atoms with Crippen LogP contribution in [0.25, 0.3) is 43.4 Å². The molecule has 6 amide bonds. The summed E-state index contributed by atoms with van der Waals surface area (Å²) in [6, 6.07) is 35.7. The Hall–Kier alpha value is -12.3. The van der Waals surface area contributed by atoms with E-state index >= 15 is 0 Å². The fourth-order valence-corrected chi connectivity index (χ4v) is 18.1. The van der Waals surface area contributed by atoms with Crippen LogP contribution in [0, 0.1) is 55.4 Å². The van der Waals surface area contributed by atoms with Crippen LogP contribution >= 0.6 is 0 Å². The quantitative estimate of drug-likeness (QED) is 0.0144. The number of fused-ring (bicyclic) bond motifs is 4. The first-order valence-electron chi connectivity index (χ1n) is 37.0. The van der Waals surface area contributed by atoms with Crippen LogP contribution in [-0.4, -0.2) is 121 Å². The van der Waals surface area contributed by atoms with Gasteiger partial charge in [-0.15, -0.1) is 0 Å². The van der Waals surface area contributed by atoms with Gasteiger partial charge in [-0.25, -0.2) is 21.6 Å². The van der Waals surface area contributed by atoms with E-state index in [2.05, 4.69) is 144 Å². The summed E-state index contributed by atoms with van der Waals surface area (Å²) in [6.07, 6.45) is 4.86. The third kappa shape index (κ3) is 20.5. The van der Waals surface area contributed by atoms with Gasteiger partial charge in [0.1, 0.15) is 44.1 Å². The van der Waals surface area contributed by atoms with Crippen molar-refractivity contribution in [1.29, 1.82) is 0 Å². The Bertz CT molecular complexity index is 6730. The second-order valence-electron chi connectivity index (χ2n) is 29.0. The van der Waals surface area contributed by atoms with Gasteiger partial charge in [0.15, 0.2) is 11.4 Å². The first kappa shape index (κ1) is 90.5. The molecule has 0 saturated carbocycles. The number of carbonyl (C=O) groups is 5. The monoisotopic (exact) mass is 1780 g/mol. The number of aryl methyl sites for hydroxylation is 10. The van der Waals surface area contributed by atoms with Crippen LogP contribution in [0.15, 0.2) is 199 Å². The number of hydrogen-bond donors (Lipinski definition) is 12. The summed E-state index contributed by atoms with van der Waals surface area (Å²) in [7, 11) is -28.1. The van der Waals surface area contributed by atoms with Gasteiger partial charge >= 0.3 is 6.03 Å². The molecule has 0 spiro atoms. The number of nitrogens with zero attached hydrogens (tertiary/aromatic N) is 2. The van der Waals surface area contributed by atoms with E-state index in [0.717, 1.165) is 25.2 Å². The molecule has 0 aliphatic carbocycles. The fourth-order valence-electron chi connectivity index (χ4n) is 14.1. The smallest absolute Gasteiger partial charge is 0.323 e. The highest BCUT2D eigenvalue weighted by Crippen LogP contribution is 2.40. The van der Waals surface area contributed by atoms with E-state index in [1.54, 1.807) is 13.8 Å². The van der Waals surface area contributed by atoms with Crippen molar-refractivity contribution in [3.05, 3.63) is 237 Å². The van der Waals surface area contributed by atoms with Crippen molar-refractivity contribution < 1.29 is 111 Å². The largest absolute Gasteiger partial charge is 0.744 e. The van der Waals surface area contributed by atoms with Crippen LogP contribution in [0.5, 0.6) is 0 Å². The molecule has 122 heavy (non-hydrogen) atoms. The van der Waals surface area contributed by atoms with E-state index < -0.39 is 153 Å². The van der Waals surface area contributed by atoms with Gasteiger partial charge in [-0.3, -0.25) is 37.4 Å². The number of carbonyl (C=O) groups excluding carboxylic acids is 5. The molecule has 10 aromatic carbocycles. The summed E-state index contributed by atoms with van der Waals surface area (Å²) < 4.78 is 215. The van der Waals surface area contributed by atoms with E-state index in [4.69, 9.17) is 0 Å². The van der Waals surface area contributed by atoms with Crippen LogP contribution in [0.2, 0.25) is 0 Å². The minimum absolute atomic E-state index is 0.0266. The van der Waals surface area contributed by atoms with Crippen molar-refractivity contribution in [1.82, 2.24) is 0 Å². The number of pyridine rings is 2. The Morgan fingerprint density at radius 2 is 0.664 bits per heavy atom. The number of urea groups is 1. The van der Waals surface area contributed by atoms with E-state index in [0.29, 0.717) is 41.5 Å². The van der Waals surface area contributed by atoms with Crippen molar-refractivity contribution in [2.75, 3.05) is 55.6 Å². The normalized spacial score (nSPS) is 12.0. The summed E-state index contributed by atoms with van der Waals surface area (Å²) in [5.74, 6) is -3.62. The molecule has 12 aromatic rings. The molecule has 0 aliphatic rings. The first-order chi connectivity index (χ1) is 57.0. The zero-order valence-corrected chi connectivity index (χ0v) is 71.7. The lowest BCUT2D eigenvalue weighted by molar-refractivity contribution is -0.651. The van der Waals surface area contributed by atoms with Crippen molar-refractivity contribution in [3.63, 3.8) is 0 Å². The lowest BCUT2D eigenvalue weighted by atomic mass is 10.0. The van der Waals surface area contributed by atoms with Gasteiger partial charge in [0.05, 0.1) is 53.1 Å². The van der Waals surface area contributed by atoms with Crippen LogP contribution in [0.3, 0.4) is 0 Å². The number of benzene rings is 10. The highest BCUT2D eigenvalue weighted by atomic mass is 32.2. The van der Waals surface area contributed by atoms with Gasteiger partial charge in [-0.1, -0.05) is 61.4 Å². The minimum atomic E-state index is -5.72. The Labute approximate surface area is 702 Å². The molecule has 39 heteroatoms. The standard InChI is InChI=1S/C51H40N6O23S6.C32H42N4/c1-25-9-11-29(49(60)54-37-13-15-41(83(69,70)71)35-21-33(81(63,64)65)23-43(45(35)37)85(75,76)77)19-39(25)56-47(58)27-5-3-7-31(17-27)52-51(62)53-32-8-4-6-28(18-32)48(59)57-40-20-30(12-10-26(40)2)50(61)55-38-14-16-42(84(72,73)74)36-22-34(82(66,67)68)24-44(46(36)38)86(78,79)80;1-21-13-15-23(3)31-29(21)27(19-25(5)35(31)7)33-17-11-9-10-12-18-34-28-20-26(6)36(8)32-24(4)16-14-22(2)30(28)32/h3-24H,1-2H3,(H,54,60)(H,55,61)(H,56,58)(H,57,59)(H2,52,53,62)(H,63,64,65)(H,66,67,68)(H,69,70,71)(H,72,73,74)(H,75,76,77)(H,78,79,80);13-16,19-20H,9-12,17-18H2,1-8H3. The maximum Gasteiger partial charge on any atom is 0.323 e. The van der Waals surface area contributed by atoms with E-state index in [9.17, 15) is 102 Å². The van der Waals surface area contributed by atoms with Crippen LogP contribution in [-0.2, 0) is 74.8 Å². The summed E-state index contributed by atoms with van der Waals surface area (Å²) in [5.41, 5.74) is 12.6. The molecular weight excluding hydrogens is 1700 g/mol. The average Bonchev–Trinajstić information content (AvgIpc) is 0.750. The fraction of sp³-hybridized carbons (Fsp3) is 0.193. The molecule has 0 saturated heterocycles. The lowest BCUT2D eigenvalue weighted by Gasteiger charge is -2.19. The topological polar surface area (TPSA) is 521 Å². The second kappa shape index (κ2) is 35.4. The van der Waals surface area contributed by atoms with Crippen molar-refractivity contribution in [2.45, 2.75) is 110 Å². The third-order valence-corrected chi connectivity index (χ3v) is 25.6. The summed E-state index contributed by atoms with van der Waals surface area (Å²) in [6.45, 7) is 18.4. The Morgan fingerprint density at radius 3 is 1.05 bits per heavy atom. The molecule has 638 valence electrons. The molecule has 2 heterocycles. The van der Waals surface area contributed by atoms with E-state index in [1.165, 1.54) is 177 Å². The van der Waals surface area contributed by atoms with Gasteiger partial charge in [-0.2, -0.15) is 42.8 Å². The van der Waals surface area contributed by atoms with Crippen LogP contribution in [0.4, 0.5) is 50.3 Å². The summed E-state index contributed by atoms with van der Waals surface area (Å²) in [5, 5.41) is 21.7. The Morgan fingerprint density at radius 1 is 0.320 bits per heavy atom. The number of unbranched alkanes of at least 4 members (excludes halogenated alkanes) is 3. The van der Waals surface area contributed by atoms with Gasteiger partial charge in [0.2, 0.25) is 11.0 Å². The lowest BCUT2D eigenvalue weighted by Crippen LogP contribution is -2.34. The van der Waals surface area contributed by atoms with E-state index in [-0.39, 0.29) is 51.1 Å². The van der Waals surface area contributed by atoms with Gasteiger partial charge < -0.3 is 51.6 Å².